The SMILES string of the molecule is Cc1nscc1C(=O)N(C)CCOc1cccc(C#N)c1. The van der Waals surface area contributed by atoms with Gasteiger partial charge < -0.3 is 9.64 Å². The van der Waals surface area contributed by atoms with Gasteiger partial charge in [0, 0.05) is 12.4 Å². The smallest absolute Gasteiger partial charge is 0.256 e. The van der Waals surface area contributed by atoms with Crippen LogP contribution in [0.4, 0.5) is 0 Å². The molecule has 0 bridgehead atoms. The molecule has 5 nitrogen and oxygen atoms in total. The van der Waals surface area contributed by atoms with Crippen molar-refractivity contribution < 1.29 is 9.53 Å². The molecule has 2 aromatic rings. The maximum absolute atomic E-state index is 12.2. The second-order valence-corrected chi connectivity index (χ2v) is 5.16. The molecule has 21 heavy (non-hydrogen) atoms. The number of nitriles is 1. The minimum absolute atomic E-state index is 0.0596. The van der Waals surface area contributed by atoms with Crippen LogP contribution in [0.1, 0.15) is 21.6 Å². The zero-order valence-corrected chi connectivity index (χ0v) is 12.7. The van der Waals surface area contributed by atoms with E-state index < -0.39 is 0 Å². The first-order valence-corrected chi connectivity index (χ1v) is 7.25. The van der Waals surface area contributed by atoms with Gasteiger partial charge in [0.25, 0.3) is 5.91 Å². The zero-order chi connectivity index (χ0) is 15.2. The molecule has 108 valence electrons. The second-order valence-electron chi connectivity index (χ2n) is 4.53. The minimum atomic E-state index is -0.0596. The standard InChI is InChI=1S/C15H15N3O2S/c1-11-14(10-21-17-11)15(19)18(2)6-7-20-13-5-3-4-12(8-13)9-16/h3-5,8,10H,6-7H2,1-2H3. The number of aromatic nitrogens is 1. The van der Waals surface area contributed by atoms with Crippen LogP contribution in [0.25, 0.3) is 0 Å². The minimum Gasteiger partial charge on any atom is -0.492 e. The molecule has 0 radical (unpaired) electrons. The molecule has 6 heteroatoms. The monoisotopic (exact) mass is 301 g/mol. The Morgan fingerprint density at radius 1 is 1.52 bits per heavy atom. The van der Waals surface area contributed by atoms with Gasteiger partial charge >= 0.3 is 0 Å². The van der Waals surface area contributed by atoms with Gasteiger partial charge in [0.2, 0.25) is 0 Å². The maximum Gasteiger partial charge on any atom is 0.256 e. The van der Waals surface area contributed by atoms with E-state index in [1.807, 2.05) is 6.92 Å². The zero-order valence-electron chi connectivity index (χ0n) is 11.9. The van der Waals surface area contributed by atoms with Gasteiger partial charge in [-0.1, -0.05) is 6.07 Å². The third kappa shape index (κ3) is 3.80. The summed E-state index contributed by atoms with van der Waals surface area (Å²) in [6, 6.07) is 9.01. The highest BCUT2D eigenvalue weighted by Gasteiger charge is 2.15. The Bertz CT molecular complexity index is 676. The summed E-state index contributed by atoms with van der Waals surface area (Å²) >= 11 is 1.28. The highest BCUT2D eigenvalue weighted by Crippen LogP contribution is 2.13. The van der Waals surface area contributed by atoms with Crippen LogP contribution in [-0.4, -0.2) is 35.4 Å². The topological polar surface area (TPSA) is 66.2 Å². The molecule has 0 saturated carbocycles. The molecule has 1 aromatic carbocycles. The lowest BCUT2D eigenvalue weighted by Gasteiger charge is -2.17. The fraction of sp³-hybridized carbons (Fsp3) is 0.267. The van der Waals surface area contributed by atoms with E-state index in [0.29, 0.717) is 30.0 Å². The average molecular weight is 301 g/mol. The van der Waals surface area contributed by atoms with Crippen molar-refractivity contribution in [2.45, 2.75) is 6.92 Å². The van der Waals surface area contributed by atoms with E-state index >= 15 is 0 Å². The van der Waals surface area contributed by atoms with Gasteiger partial charge in [-0.3, -0.25) is 4.79 Å². The number of carbonyl (C=O) groups is 1. The molecule has 0 spiro atoms. The number of likely N-dealkylation sites (N-methyl/N-ethyl adjacent to an activating group) is 1. The molecular weight excluding hydrogens is 286 g/mol. The van der Waals surface area contributed by atoms with Crippen LogP contribution >= 0.6 is 11.5 Å². The number of benzene rings is 1. The third-order valence-corrected chi connectivity index (χ3v) is 3.71. The van der Waals surface area contributed by atoms with E-state index in [0.717, 1.165) is 5.69 Å². The Kier molecular flexibility index (Phi) is 4.90. The lowest BCUT2D eigenvalue weighted by Crippen LogP contribution is -2.31. The van der Waals surface area contributed by atoms with Crippen LogP contribution in [-0.2, 0) is 0 Å². The van der Waals surface area contributed by atoms with Gasteiger partial charge in [-0.05, 0) is 36.7 Å². The molecule has 0 aliphatic heterocycles. The number of carbonyl (C=O) groups excluding carboxylic acids is 1. The van der Waals surface area contributed by atoms with Crippen molar-refractivity contribution in [2.75, 3.05) is 20.2 Å². The number of amides is 1. The van der Waals surface area contributed by atoms with Crippen LogP contribution < -0.4 is 4.74 Å². The quantitative estimate of drug-likeness (QED) is 0.851. The van der Waals surface area contributed by atoms with Crippen molar-refractivity contribution in [3.05, 3.63) is 46.5 Å². The number of hydrogen-bond acceptors (Lipinski definition) is 5. The first-order chi connectivity index (χ1) is 10.1. The van der Waals surface area contributed by atoms with Crippen molar-refractivity contribution in [3.63, 3.8) is 0 Å². The summed E-state index contributed by atoms with van der Waals surface area (Å²) in [5.41, 5.74) is 1.94. The maximum atomic E-state index is 12.2. The van der Waals surface area contributed by atoms with Crippen molar-refractivity contribution >= 4 is 17.4 Å². The number of rotatable bonds is 5. The van der Waals surface area contributed by atoms with Crippen LogP contribution in [0.2, 0.25) is 0 Å². The van der Waals surface area contributed by atoms with Crippen molar-refractivity contribution in [3.8, 4) is 11.8 Å². The van der Waals surface area contributed by atoms with E-state index in [1.54, 1.807) is 41.6 Å². The molecular formula is C15H15N3O2S. The van der Waals surface area contributed by atoms with Gasteiger partial charge in [-0.25, -0.2) is 0 Å². The Hall–Kier alpha value is -2.39. The summed E-state index contributed by atoms with van der Waals surface area (Å²) in [6.45, 7) is 2.65. The van der Waals surface area contributed by atoms with E-state index in [1.165, 1.54) is 11.5 Å². The number of hydrogen-bond donors (Lipinski definition) is 0. The molecule has 0 aliphatic rings. The highest BCUT2D eigenvalue weighted by atomic mass is 32.1. The van der Waals surface area contributed by atoms with Gasteiger partial charge in [0.05, 0.1) is 29.4 Å². The van der Waals surface area contributed by atoms with Gasteiger partial charge in [0.15, 0.2) is 0 Å². The molecule has 0 unspecified atom stereocenters. The summed E-state index contributed by atoms with van der Waals surface area (Å²) < 4.78 is 9.66. The first-order valence-electron chi connectivity index (χ1n) is 6.41. The van der Waals surface area contributed by atoms with Crippen LogP contribution in [0.3, 0.4) is 0 Å². The molecule has 1 amide bonds. The number of aryl methyl sites for hydroxylation is 1. The van der Waals surface area contributed by atoms with E-state index in [9.17, 15) is 4.79 Å². The predicted molar refractivity (Wildman–Crippen MR) is 80.5 cm³/mol. The molecule has 0 N–H and O–H groups in total. The highest BCUT2D eigenvalue weighted by molar-refractivity contribution is 7.03. The lowest BCUT2D eigenvalue weighted by atomic mass is 10.2. The summed E-state index contributed by atoms with van der Waals surface area (Å²) in [5, 5.41) is 10.6. The summed E-state index contributed by atoms with van der Waals surface area (Å²) in [4.78, 5) is 13.8. The van der Waals surface area contributed by atoms with Crippen LogP contribution in [0.5, 0.6) is 5.75 Å². The summed E-state index contributed by atoms with van der Waals surface area (Å²) in [7, 11) is 1.73. The fourth-order valence-corrected chi connectivity index (χ4v) is 2.45. The van der Waals surface area contributed by atoms with E-state index in [2.05, 4.69) is 10.4 Å². The van der Waals surface area contributed by atoms with Crippen LogP contribution in [0, 0.1) is 18.3 Å². The lowest BCUT2D eigenvalue weighted by molar-refractivity contribution is 0.0773. The molecule has 0 aliphatic carbocycles. The largest absolute Gasteiger partial charge is 0.492 e. The summed E-state index contributed by atoms with van der Waals surface area (Å²) in [5.74, 6) is 0.568. The van der Waals surface area contributed by atoms with Gasteiger partial charge in [-0.2, -0.15) is 9.64 Å². The molecule has 0 fully saturated rings. The number of ether oxygens (including phenoxy) is 1. The average Bonchev–Trinajstić information content (AvgIpc) is 2.92. The molecule has 1 heterocycles. The van der Waals surface area contributed by atoms with Crippen molar-refractivity contribution in [1.29, 1.82) is 5.26 Å². The molecule has 0 saturated heterocycles. The van der Waals surface area contributed by atoms with E-state index in [-0.39, 0.29) is 5.91 Å². The first kappa shape index (κ1) is 15.0. The summed E-state index contributed by atoms with van der Waals surface area (Å²) in [6.07, 6.45) is 0. The molecule has 1 aromatic heterocycles. The number of nitrogens with zero attached hydrogens (tertiary/aromatic N) is 3. The Balaban J connectivity index is 1.87. The fourth-order valence-electron chi connectivity index (χ4n) is 1.76. The van der Waals surface area contributed by atoms with Crippen molar-refractivity contribution in [2.24, 2.45) is 0 Å². The van der Waals surface area contributed by atoms with Crippen LogP contribution in [0.15, 0.2) is 29.6 Å². The second kappa shape index (κ2) is 6.86. The van der Waals surface area contributed by atoms with Gasteiger partial charge in [-0.15, -0.1) is 0 Å². The molecule has 0 atom stereocenters. The van der Waals surface area contributed by atoms with E-state index in [4.69, 9.17) is 10.00 Å². The van der Waals surface area contributed by atoms with Crippen molar-refractivity contribution in [1.82, 2.24) is 9.27 Å². The predicted octanol–water partition coefficient (Wildman–Crippen LogP) is 2.47. The third-order valence-electron chi connectivity index (χ3n) is 2.99. The normalized spacial score (nSPS) is 9.95. The van der Waals surface area contributed by atoms with Gasteiger partial charge in [0.1, 0.15) is 12.4 Å². The Labute approximate surface area is 127 Å². The Morgan fingerprint density at radius 2 is 2.33 bits per heavy atom. The molecule has 2 rings (SSSR count). The Morgan fingerprint density at radius 3 is 3.00 bits per heavy atom.